The van der Waals surface area contributed by atoms with Gasteiger partial charge in [-0.15, -0.1) is 0 Å². The first kappa shape index (κ1) is 36.1. The first-order chi connectivity index (χ1) is 19.0. The second-order valence-electron chi connectivity index (χ2n) is 13.9. The van der Waals surface area contributed by atoms with E-state index in [1.807, 2.05) is 32.8 Å². The molecule has 0 aromatic heterocycles. The Bertz CT molecular complexity index is 835. The van der Waals surface area contributed by atoms with Gasteiger partial charge in [0.05, 0.1) is 11.7 Å². The summed E-state index contributed by atoms with van der Waals surface area (Å²) in [6.07, 6.45) is 2.67. The van der Waals surface area contributed by atoms with Crippen LogP contribution in [0.1, 0.15) is 73.6 Å². The van der Waals surface area contributed by atoms with E-state index in [1.54, 1.807) is 21.0 Å². The Hall–Kier alpha value is -1.14. The Morgan fingerprint density at radius 3 is 2.32 bits per heavy atom. The van der Waals surface area contributed by atoms with Crippen LogP contribution in [0.25, 0.3) is 0 Å². The number of methoxy groups -OCH3 is 1. The maximum Gasteiger partial charge on any atom is 0.319 e. The summed E-state index contributed by atoms with van der Waals surface area (Å²) in [5.74, 6) is 0.0811. The molecule has 0 amide bonds. The average Bonchev–Trinajstić information content (AvgIpc) is 2.90. The molecule has 9 atom stereocenters. The van der Waals surface area contributed by atoms with Gasteiger partial charge in [-0.05, 0) is 106 Å². The number of ether oxygens (including phenoxy) is 3. The lowest BCUT2D eigenvalue weighted by Crippen LogP contribution is -2.53. The third-order valence-corrected chi connectivity index (χ3v) is 9.31. The average molecular weight is 586 g/mol. The molecule has 3 saturated heterocycles. The Kier molecular flexibility index (Phi) is 13.7. The second-order valence-corrected chi connectivity index (χ2v) is 13.9. The number of likely N-dealkylation sites (N-methyl/N-ethyl adjacent to an activating group) is 2. The Morgan fingerprint density at radius 1 is 1.10 bits per heavy atom. The van der Waals surface area contributed by atoms with Crippen LogP contribution < -0.4 is 5.32 Å². The smallest absolute Gasteiger partial charge is 0.319 e. The summed E-state index contributed by atoms with van der Waals surface area (Å²) in [5.41, 5.74) is -1.55. The van der Waals surface area contributed by atoms with Crippen molar-refractivity contribution < 1.29 is 34.0 Å². The standard InChI is InChI=1S/C23H42N2O4.C8H17NO3/c1-16-11-23(5,28-7)12-17(2)20(26)22(3,4)21(27)29-15-19(25(6)14-16)18-9-8-10-24-13-18;1-5-4-6(9(2)3)7(10)8(11)12-5/h16-19,24H,8-15H2,1-7H3;5-8,10-11H,4H2,1-3H3/t16-,17-,18-,19-,23-;5-,6+,7-,8-/m11/s1. The van der Waals surface area contributed by atoms with Gasteiger partial charge in [0, 0.05) is 31.7 Å². The molecule has 0 unspecified atom stereocenters. The molecular weight excluding hydrogens is 526 g/mol. The molecule has 10 nitrogen and oxygen atoms in total. The van der Waals surface area contributed by atoms with Gasteiger partial charge in [-0.3, -0.25) is 14.5 Å². The van der Waals surface area contributed by atoms with Crippen LogP contribution in [0.15, 0.2) is 0 Å². The first-order valence-electron chi connectivity index (χ1n) is 15.4. The van der Waals surface area contributed by atoms with E-state index in [-0.39, 0.29) is 29.9 Å². The van der Waals surface area contributed by atoms with E-state index in [2.05, 4.69) is 31.1 Å². The number of cyclic esters (lactones) is 1. The number of Topliss-reactive ketones (excluding diaryl/α,β-unsaturated/α-hetero) is 1. The molecular formula is C31H59N3O7. The quantitative estimate of drug-likeness (QED) is 0.336. The normalized spacial score (nSPS) is 39.9. The van der Waals surface area contributed by atoms with E-state index in [1.165, 1.54) is 0 Å². The van der Waals surface area contributed by atoms with Crippen molar-refractivity contribution in [2.24, 2.45) is 23.2 Å². The molecule has 0 aromatic carbocycles. The predicted molar refractivity (Wildman–Crippen MR) is 159 cm³/mol. The number of carbonyl (C=O) groups is 2. The van der Waals surface area contributed by atoms with Gasteiger partial charge < -0.3 is 34.6 Å². The van der Waals surface area contributed by atoms with E-state index in [0.717, 1.165) is 45.3 Å². The molecule has 3 aliphatic rings. The van der Waals surface area contributed by atoms with Gasteiger partial charge in [0.2, 0.25) is 0 Å². The lowest BCUT2D eigenvalue weighted by atomic mass is 9.76. The van der Waals surface area contributed by atoms with Crippen LogP contribution in [0, 0.1) is 23.2 Å². The first-order valence-corrected chi connectivity index (χ1v) is 15.4. The van der Waals surface area contributed by atoms with Crippen molar-refractivity contribution in [1.29, 1.82) is 0 Å². The summed E-state index contributed by atoms with van der Waals surface area (Å²) < 4.78 is 16.7. The van der Waals surface area contributed by atoms with Crippen LogP contribution in [-0.2, 0) is 23.8 Å². The van der Waals surface area contributed by atoms with Crippen molar-refractivity contribution in [3.05, 3.63) is 0 Å². The SMILES string of the molecule is CO[C@]1(C)C[C@@H](C)CN(C)[C@@H]([C@@H]2CCCNC2)COC(=O)C(C)(C)C(=O)[C@H](C)C1.C[C@@H]1C[C@H](N(C)C)[C@@H](O)[C@H](O)O1. The molecule has 0 aromatic rings. The minimum absolute atomic E-state index is 0.01000. The molecule has 3 aliphatic heterocycles. The summed E-state index contributed by atoms with van der Waals surface area (Å²) in [6.45, 7) is 14.7. The highest BCUT2D eigenvalue weighted by Gasteiger charge is 2.43. The van der Waals surface area contributed by atoms with Gasteiger partial charge in [0.15, 0.2) is 12.1 Å². The fourth-order valence-corrected chi connectivity index (χ4v) is 6.87. The van der Waals surface area contributed by atoms with Crippen LogP contribution in [0.2, 0.25) is 0 Å². The van der Waals surface area contributed by atoms with Crippen LogP contribution in [0.5, 0.6) is 0 Å². The number of esters is 1. The van der Waals surface area contributed by atoms with Gasteiger partial charge in [-0.2, -0.15) is 0 Å². The summed E-state index contributed by atoms with van der Waals surface area (Å²) in [7, 11) is 7.63. The Balaban J connectivity index is 0.000000408. The van der Waals surface area contributed by atoms with Gasteiger partial charge in [0.25, 0.3) is 0 Å². The summed E-state index contributed by atoms with van der Waals surface area (Å²) in [6, 6.07) is 0.135. The largest absolute Gasteiger partial charge is 0.463 e. The molecule has 0 spiro atoms. The molecule has 3 heterocycles. The van der Waals surface area contributed by atoms with Crippen molar-refractivity contribution in [1.82, 2.24) is 15.1 Å². The minimum Gasteiger partial charge on any atom is -0.463 e. The number of rotatable bonds is 3. The summed E-state index contributed by atoms with van der Waals surface area (Å²) in [4.78, 5) is 30.3. The van der Waals surface area contributed by atoms with Crippen molar-refractivity contribution >= 4 is 11.8 Å². The predicted octanol–water partition coefficient (Wildman–Crippen LogP) is 2.30. The molecule has 0 aliphatic carbocycles. The van der Waals surface area contributed by atoms with E-state index in [0.29, 0.717) is 24.9 Å². The zero-order valence-corrected chi connectivity index (χ0v) is 27.3. The second kappa shape index (κ2) is 15.5. The maximum atomic E-state index is 13.1. The van der Waals surface area contributed by atoms with E-state index in [9.17, 15) is 19.8 Å². The topological polar surface area (TPSA) is 121 Å². The zero-order valence-electron chi connectivity index (χ0n) is 27.3. The third kappa shape index (κ3) is 9.95. The molecule has 3 rings (SSSR count). The molecule has 240 valence electrons. The number of nitrogens with zero attached hydrogens (tertiary/aromatic N) is 2. The summed E-state index contributed by atoms with van der Waals surface area (Å²) in [5, 5.41) is 22.3. The van der Waals surface area contributed by atoms with Gasteiger partial charge >= 0.3 is 5.97 Å². The minimum atomic E-state index is -1.15. The molecule has 0 radical (unpaired) electrons. The van der Waals surface area contributed by atoms with Crippen molar-refractivity contribution in [3.8, 4) is 0 Å². The zero-order chi connectivity index (χ0) is 31.1. The number of piperidine rings is 1. The van der Waals surface area contributed by atoms with Crippen LogP contribution in [-0.4, -0.2) is 122 Å². The van der Waals surface area contributed by atoms with Crippen LogP contribution in [0.4, 0.5) is 0 Å². The Labute approximate surface area is 248 Å². The lowest BCUT2D eigenvalue weighted by Gasteiger charge is -2.39. The van der Waals surface area contributed by atoms with Gasteiger partial charge in [0.1, 0.15) is 18.1 Å². The number of carbonyl (C=O) groups excluding carboxylic acids is 2. The number of aliphatic hydroxyl groups excluding tert-OH is 2. The highest BCUT2D eigenvalue weighted by molar-refractivity contribution is 6.03. The molecule has 0 bridgehead atoms. The van der Waals surface area contributed by atoms with Crippen molar-refractivity contribution in [2.75, 3.05) is 54.5 Å². The fourth-order valence-electron chi connectivity index (χ4n) is 6.87. The fraction of sp³-hybridized carbons (Fsp3) is 0.935. The molecule has 3 N–H and O–H groups in total. The highest BCUT2D eigenvalue weighted by Crippen LogP contribution is 2.34. The molecule has 41 heavy (non-hydrogen) atoms. The molecule has 3 fully saturated rings. The van der Waals surface area contributed by atoms with E-state index >= 15 is 0 Å². The Morgan fingerprint density at radius 2 is 1.76 bits per heavy atom. The van der Waals surface area contributed by atoms with E-state index in [4.69, 9.17) is 14.2 Å². The van der Waals surface area contributed by atoms with Crippen LogP contribution in [0.3, 0.4) is 0 Å². The van der Waals surface area contributed by atoms with Crippen LogP contribution >= 0.6 is 0 Å². The van der Waals surface area contributed by atoms with Gasteiger partial charge in [-0.1, -0.05) is 13.8 Å². The van der Waals surface area contributed by atoms with E-state index < -0.39 is 29.4 Å². The highest BCUT2D eigenvalue weighted by atomic mass is 16.6. The summed E-state index contributed by atoms with van der Waals surface area (Å²) >= 11 is 0. The molecule has 10 heteroatoms. The lowest BCUT2D eigenvalue weighted by molar-refractivity contribution is -0.230. The van der Waals surface area contributed by atoms with Gasteiger partial charge in [-0.25, -0.2) is 0 Å². The van der Waals surface area contributed by atoms with Crippen molar-refractivity contribution in [2.45, 2.75) is 110 Å². The number of nitrogens with one attached hydrogen (secondary N) is 1. The number of hydrogen-bond acceptors (Lipinski definition) is 10. The number of hydrogen-bond donors (Lipinski definition) is 3. The maximum absolute atomic E-state index is 13.1. The number of aliphatic hydroxyl groups is 2. The number of ketones is 1. The third-order valence-electron chi connectivity index (χ3n) is 9.31. The van der Waals surface area contributed by atoms with Crippen molar-refractivity contribution in [3.63, 3.8) is 0 Å². The monoisotopic (exact) mass is 585 g/mol. The molecule has 0 saturated carbocycles.